The highest BCUT2D eigenvalue weighted by Crippen LogP contribution is 2.21. The molecule has 1 heterocycles. The second-order valence-corrected chi connectivity index (χ2v) is 6.59. The first kappa shape index (κ1) is 19.0. The number of anilines is 1. The molecule has 0 aromatic heterocycles. The van der Waals surface area contributed by atoms with E-state index in [1.54, 1.807) is 29.2 Å². The van der Waals surface area contributed by atoms with Crippen LogP contribution in [-0.4, -0.2) is 56.7 Å². The molecule has 0 aliphatic carbocycles. The Morgan fingerprint density at radius 3 is 2.48 bits per heavy atom. The van der Waals surface area contributed by atoms with E-state index in [-0.39, 0.29) is 12.5 Å². The number of benzene rings is 2. The van der Waals surface area contributed by atoms with Crippen LogP contribution in [0.5, 0.6) is 5.75 Å². The van der Waals surface area contributed by atoms with Gasteiger partial charge in [-0.25, -0.2) is 4.79 Å². The molecule has 3 rings (SSSR count). The molecular formula is C20H21ClN2O4. The van der Waals surface area contributed by atoms with Crippen molar-refractivity contribution in [3.63, 3.8) is 0 Å². The van der Waals surface area contributed by atoms with E-state index in [1.807, 2.05) is 24.3 Å². The summed E-state index contributed by atoms with van der Waals surface area (Å²) in [6, 6.07) is 14.3. The zero-order chi connectivity index (χ0) is 19.2. The number of halogens is 1. The molecule has 2 aromatic carbocycles. The minimum atomic E-state index is -0.441. The van der Waals surface area contributed by atoms with Crippen molar-refractivity contribution in [1.82, 2.24) is 4.90 Å². The number of carbonyl (C=O) groups is 2. The zero-order valence-electron chi connectivity index (χ0n) is 15.1. The van der Waals surface area contributed by atoms with Gasteiger partial charge in [-0.3, -0.25) is 4.79 Å². The summed E-state index contributed by atoms with van der Waals surface area (Å²) < 4.78 is 10.2. The molecule has 2 aromatic rings. The lowest BCUT2D eigenvalue weighted by Crippen LogP contribution is -2.50. The molecule has 6 nitrogen and oxygen atoms in total. The molecule has 0 saturated carbocycles. The predicted molar refractivity (Wildman–Crippen MR) is 104 cm³/mol. The third-order valence-electron chi connectivity index (χ3n) is 4.42. The first-order chi connectivity index (χ1) is 13.1. The fourth-order valence-electron chi connectivity index (χ4n) is 2.95. The molecule has 0 atom stereocenters. The van der Waals surface area contributed by atoms with Crippen LogP contribution >= 0.6 is 11.6 Å². The van der Waals surface area contributed by atoms with Crippen molar-refractivity contribution in [3.05, 3.63) is 59.1 Å². The van der Waals surface area contributed by atoms with Gasteiger partial charge < -0.3 is 19.3 Å². The highest BCUT2D eigenvalue weighted by molar-refractivity contribution is 6.30. The van der Waals surface area contributed by atoms with Crippen molar-refractivity contribution < 1.29 is 19.1 Å². The highest BCUT2D eigenvalue weighted by atomic mass is 35.5. The van der Waals surface area contributed by atoms with Crippen LogP contribution in [0, 0.1) is 0 Å². The van der Waals surface area contributed by atoms with E-state index in [0.717, 1.165) is 18.8 Å². The van der Waals surface area contributed by atoms with Crippen LogP contribution in [0.15, 0.2) is 48.5 Å². The Morgan fingerprint density at radius 1 is 1.04 bits per heavy atom. The van der Waals surface area contributed by atoms with E-state index in [0.29, 0.717) is 29.4 Å². The van der Waals surface area contributed by atoms with Gasteiger partial charge >= 0.3 is 5.97 Å². The molecule has 1 amide bonds. The van der Waals surface area contributed by atoms with Gasteiger partial charge in [-0.15, -0.1) is 0 Å². The summed E-state index contributed by atoms with van der Waals surface area (Å²) >= 11 is 6.05. The van der Waals surface area contributed by atoms with Gasteiger partial charge in [-0.05, 0) is 36.4 Å². The standard InChI is InChI=1S/C20H21ClN2O4/c1-26-20(25)15-4-2-7-18(12-15)27-14-19(24)23-10-8-22(9-11-23)17-6-3-5-16(21)13-17/h2-7,12-13H,8-11,14H2,1H3. The molecule has 0 bridgehead atoms. The average molecular weight is 389 g/mol. The lowest BCUT2D eigenvalue weighted by molar-refractivity contribution is -0.133. The molecule has 1 aliphatic heterocycles. The molecule has 27 heavy (non-hydrogen) atoms. The van der Waals surface area contributed by atoms with Crippen LogP contribution in [0.2, 0.25) is 5.02 Å². The summed E-state index contributed by atoms with van der Waals surface area (Å²) in [6.45, 7) is 2.66. The highest BCUT2D eigenvalue weighted by Gasteiger charge is 2.21. The molecule has 1 fully saturated rings. The van der Waals surface area contributed by atoms with Crippen molar-refractivity contribution >= 4 is 29.2 Å². The minimum absolute atomic E-state index is 0.0677. The van der Waals surface area contributed by atoms with E-state index < -0.39 is 5.97 Å². The Balaban J connectivity index is 1.51. The van der Waals surface area contributed by atoms with Crippen molar-refractivity contribution in [2.75, 3.05) is 44.8 Å². The Kier molecular flexibility index (Phi) is 6.19. The Morgan fingerprint density at radius 2 is 1.78 bits per heavy atom. The summed E-state index contributed by atoms with van der Waals surface area (Å²) in [6.07, 6.45) is 0. The molecule has 0 spiro atoms. The van der Waals surface area contributed by atoms with Gasteiger partial charge in [0.15, 0.2) is 6.61 Å². The maximum absolute atomic E-state index is 12.4. The van der Waals surface area contributed by atoms with Crippen LogP contribution in [0.25, 0.3) is 0 Å². The van der Waals surface area contributed by atoms with Crippen molar-refractivity contribution in [2.24, 2.45) is 0 Å². The molecule has 142 valence electrons. The number of ether oxygens (including phenoxy) is 2. The van der Waals surface area contributed by atoms with Crippen LogP contribution in [0.3, 0.4) is 0 Å². The van der Waals surface area contributed by atoms with Crippen LogP contribution < -0.4 is 9.64 Å². The molecule has 0 unspecified atom stereocenters. The fourth-order valence-corrected chi connectivity index (χ4v) is 3.14. The van der Waals surface area contributed by atoms with E-state index in [1.165, 1.54) is 7.11 Å². The number of rotatable bonds is 5. The first-order valence-electron chi connectivity index (χ1n) is 8.66. The van der Waals surface area contributed by atoms with Crippen LogP contribution in [0.4, 0.5) is 5.69 Å². The molecule has 7 heteroatoms. The van der Waals surface area contributed by atoms with Crippen molar-refractivity contribution in [3.8, 4) is 5.75 Å². The van der Waals surface area contributed by atoms with Crippen LogP contribution in [-0.2, 0) is 9.53 Å². The smallest absolute Gasteiger partial charge is 0.337 e. The third kappa shape index (κ3) is 4.92. The predicted octanol–water partition coefficient (Wildman–Crippen LogP) is 2.85. The van der Waals surface area contributed by atoms with Gasteiger partial charge in [0, 0.05) is 36.9 Å². The van der Waals surface area contributed by atoms with Gasteiger partial charge in [0.05, 0.1) is 12.7 Å². The second-order valence-electron chi connectivity index (χ2n) is 6.16. The van der Waals surface area contributed by atoms with Crippen molar-refractivity contribution in [2.45, 2.75) is 0 Å². The fraction of sp³-hybridized carbons (Fsp3) is 0.300. The summed E-state index contributed by atoms with van der Waals surface area (Å²) in [5, 5.41) is 0.702. The summed E-state index contributed by atoms with van der Waals surface area (Å²) in [7, 11) is 1.32. The van der Waals surface area contributed by atoms with Gasteiger partial charge in [-0.1, -0.05) is 23.7 Å². The number of methoxy groups -OCH3 is 1. The lowest BCUT2D eigenvalue weighted by atomic mass is 10.2. The number of esters is 1. The molecular weight excluding hydrogens is 368 g/mol. The van der Waals surface area contributed by atoms with Gasteiger partial charge in [0.25, 0.3) is 5.91 Å². The van der Waals surface area contributed by atoms with E-state index in [2.05, 4.69) is 9.64 Å². The quantitative estimate of drug-likeness (QED) is 0.737. The Labute approximate surface area is 163 Å². The summed E-state index contributed by atoms with van der Waals surface area (Å²) in [5.74, 6) is -0.0584. The van der Waals surface area contributed by atoms with Crippen LogP contribution in [0.1, 0.15) is 10.4 Å². The number of amides is 1. The SMILES string of the molecule is COC(=O)c1cccc(OCC(=O)N2CCN(c3cccc(Cl)c3)CC2)c1. The number of piperazine rings is 1. The summed E-state index contributed by atoms with van der Waals surface area (Å²) in [4.78, 5) is 28.0. The Bertz CT molecular complexity index is 819. The van der Waals surface area contributed by atoms with Gasteiger partial charge in [-0.2, -0.15) is 0 Å². The second kappa shape index (κ2) is 8.77. The number of hydrogen-bond acceptors (Lipinski definition) is 5. The molecule has 1 aliphatic rings. The van der Waals surface area contributed by atoms with E-state index in [4.69, 9.17) is 16.3 Å². The number of nitrogens with zero attached hydrogens (tertiary/aromatic N) is 2. The number of carbonyl (C=O) groups excluding carboxylic acids is 2. The number of hydrogen-bond donors (Lipinski definition) is 0. The molecule has 0 radical (unpaired) electrons. The maximum atomic E-state index is 12.4. The topological polar surface area (TPSA) is 59.1 Å². The Hall–Kier alpha value is -2.73. The normalized spacial score (nSPS) is 14.0. The first-order valence-corrected chi connectivity index (χ1v) is 9.04. The largest absolute Gasteiger partial charge is 0.484 e. The monoisotopic (exact) mass is 388 g/mol. The zero-order valence-corrected chi connectivity index (χ0v) is 15.8. The molecule has 0 N–H and O–H groups in total. The van der Waals surface area contributed by atoms with E-state index in [9.17, 15) is 9.59 Å². The van der Waals surface area contributed by atoms with Gasteiger partial charge in [0.2, 0.25) is 0 Å². The van der Waals surface area contributed by atoms with E-state index >= 15 is 0 Å². The van der Waals surface area contributed by atoms with Gasteiger partial charge in [0.1, 0.15) is 5.75 Å². The maximum Gasteiger partial charge on any atom is 0.337 e. The third-order valence-corrected chi connectivity index (χ3v) is 4.66. The summed E-state index contributed by atoms with van der Waals surface area (Å²) in [5.41, 5.74) is 1.45. The lowest BCUT2D eigenvalue weighted by Gasteiger charge is -2.36. The minimum Gasteiger partial charge on any atom is -0.484 e. The molecule has 1 saturated heterocycles. The van der Waals surface area contributed by atoms with Crippen molar-refractivity contribution in [1.29, 1.82) is 0 Å². The average Bonchev–Trinajstić information content (AvgIpc) is 2.71.